The van der Waals surface area contributed by atoms with Crippen molar-refractivity contribution in [3.63, 3.8) is 0 Å². The van der Waals surface area contributed by atoms with Crippen LogP contribution in [0.25, 0.3) is 0 Å². The molecule has 13 heavy (non-hydrogen) atoms. The topological polar surface area (TPSA) is 23.8 Å². The maximum Gasteiger partial charge on any atom is 0.0992 e. The minimum Gasteiger partial charge on any atom is -0.192 e. The molecule has 0 fully saturated rings. The molecule has 0 aliphatic rings. The average molecular weight is 256 g/mol. The van der Waals surface area contributed by atoms with Crippen molar-refractivity contribution in [3.8, 4) is 6.07 Å². The molecule has 0 aromatic heterocycles. The zero-order valence-corrected chi connectivity index (χ0v) is 9.95. The van der Waals surface area contributed by atoms with Crippen molar-refractivity contribution in [2.24, 2.45) is 0 Å². The third kappa shape index (κ3) is 3.41. The van der Waals surface area contributed by atoms with E-state index >= 15 is 0 Å². The Balaban J connectivity index is 2.96. The van der Waals surface area contributed by atoms with E-state index in [0.29, 0.717) is 10.8 Å². The molecule has 0 unspecified atom stereocenters. The van der Waals surface area contributed by atoms with Crippen LogP contribution in [0.4, 0.5) is 0 Å². The predicted octanol–water partition coefficient (Wildman–Crippen LogP) is 3.82. The highest BCUT2D eigenvalue weighted by atomic mass is 79.9. The van der Waals surface area contributed by atoms with E-state index in [1.54, 1.807) is 11.8 Å². The van der Waals surface area contributed by atoms with Gasteiger partial charge in [-0.25, -0.2) is 0 Å². The van der Waals surface area contributed by atoms with Crippen LogP contribution in [0.1, 0.15) is 19.4 Å². The van der Waals surface area contributed by atoms with Crippen LogP contribution in [-0.4, -0.2) is 5.25 Å². The minimum absolute atomic E-state index is 0.542. The fourth-order valence-corrected chi connectivity index (χ4v) is 2.55. The van der Waals surface area contributed by atoms with Crippen molar-refractivity contribution in [2.75, 3.05) is 0 Å². The molecule has 0 saturated heterocycles. The Morgan fingerprint density at radius 3 is 2.62 bits per heavy atom. The monoisotopic (exact) mass is 255 g/mol. The van der Waals surface area contributed by atoms with E-state index in [2.05, 4.69) is 35.8 Å². The van der Waals surface area contributed by atoms with E-state index in [9.17, 15) is 0 Å². The second-order valence-electron chi connectivity index (χ2n) is 2.95. The van der Waals surface area contributed by atoms with Crippen molar-refractivity contribution >= 4 is 27.7 Å². The molecular formula is C10H10BrNS. The number of rotatable bonds is 2. The van der Waals surface area contributed by atoms with Crippen molar-refractivity contribution < 1.29 is 0 Å². The van der Waals surface area contributed by atoms with Crippen molar-refractivity contribution in [3.05, 3.63) is 28.2 Å². The van der Waals surface area contributed by atoms with Gasteiger partial charge in [-0.1, -0.05) is 29.8 Å². The van der Waals surface area contributed by atoms with Crippen molar-refractivity contribution in [2.45, 2.75) is 24.0 Å². The Kier molecular flexibility index (Phi) is 3.83. The molecule has 0 N–H and O–H groups in total. The lowest BCUT2D eigenvalue weighted by atomic mass is 10.2. The second-order valence-corrected chi connectivity index (χ2v) is 5.52. The molecule has 0 spiro atoms. The Bertz CT molecular complexity index is 341. The summed E-state index contributed by atoms with van der Waals surface area (Å²) in [4.78, 5) is 1.14. The van der Waals surface area contributed by atoms with Crippen LogP contribution in [0, 0.1) is 11.3 Å². The minimum atomic E-state index is 0.542. The Labute approximate surface area is 91.3 Å². The summed E-state index contributed by atoms with van der Waals surface area (Å²) in [5.41, 5.74) is 0.706. The van der Waals surface area contributed by atoms with E-state index in [1.165, 1.54) is 0 Å². The molecule has 0 bridgehead atoms. The van der Waals surface area contributed by atoms with E-state index in [-0.39, 0.29) is 0 Å². The van der Waals surface area contributed by atoms with Crippen LogP contribution in [-0.2, 0) is 0 Å². The lowest BCUT2D eigenvalue weighted by Crippen LogP contribution is -1.86. The number of hydrogen-bond acceptors (Lipinski definition) is 2. The molecule has 0 amide bonds. The maximum atomic E-state index is 8.74. The number of halogens is 1. The van der Waals surface area contributed by atoms with Gasteiger partial charge >= 0.3 is 0 Å². The maximum absolute atomic E-state index is 8.74. The number of thioether (sulfide) groups is 1. The summed E-state index contributed by atoms with van der Waals surface area (Å²) in [6, 6.07) is 7.91. The van der Waals surface area contributed by atoms with Crippen LogP contribution in [0.3, 0.4) is 0 Å². The van der Waals surface area contributed by atoms with Gasteiger partial charge < -0.3 is 0 Å². The van der Waals surface area contributed by atoms with Crippen LogP contribution >= 0.6 is 27.7 Å². The molecule has 68 valence electrons. The van der Waals surface area contributed by atoms with Crippen molar-refractivity contribution in [1.29, 1.82) is 5.26 Å². The molecule has 0 radical (unpaired) electrons. The summed E-state index contributed by atoms with van der Waals surface area (Å²) in [6.07, 6.45) is 0. The predicted molar refractivity (Wildman–Crippen MR) is 59.9 cm³/mol. The third-order valence-electron chi connectivity index (χ3n) is 1.37. The third-order valence-corrected chi connectivity index (χ3v) is 2.81. The summed E-state index contributed by atoms with van der Waals surface area (Å²) in [5, 5.41) is 9.28. The first kappa shape index (κ1) is 10.6. The van der Waals surface area contributed by atoms with Gasteiger partial charge in [0.2, 0.25) is 0 Å². The zero-order valence-electron chi connectivity index (χ0n) is 7.54. The van der Waals surface area contributed by atoms with Crippen molar-refractivity contribution in [1.82, 2.24) is 0 Å². The lowest BCUT2D eigenvalue weighted by molar-refractivity contribution is 1.11. The molecule has 0 atom stereocenters. The van der Waals surface area contributed by atoms with Gasteiger partial charge in [0.1, 0.15) is 0 Å². The Morgan fingerprint density at radius 2 is 2.08 bits per heavy atom. The van der Waals surface area contributed by atoms with Crippen LogP contribution in [0.5, 0.6) is 0 Å². The first-order valence-corrected chi connectivity index (χ1v) is 5.66. The first-order valence-electron chi connectivity index (χ1n) is 3.99. The molecule has 1 rings (SSSR count). The molecule has 1 aromatic rings. The molecule has 3 heteroatoms. The fourth-order valence-electron chi connectivity index (χ4n) is 0.967. The summed E-state index contributed by atoms with van der Waals surface area (Å²) in [7, 11) is 0. The fraction of sp³-hybridized carbons (Fsp3) is 0.300. The Morgan fingerprint density at radius 1 is 1.38 bits per heavy atom. The molecular weight excluding hydrogens is 246 g/mol. The van der Waals surface area contributed by atoms with E-state index in [1.807, 2.05) is 18.2 Å². The highest BCUT2D eigenvalue weighted by Crippen LogP contribution is 2.27. The standard InChI is InChI=1S/C10H10BrNS/c1-7(2)13-10-4-8(6-12)3-9(11)5-10/h3-5,7H,1-2H3. The summed E-state index contributed by atoms with van der Waals surface area (Å²) < 4.78 is 0.967. The molecule has 1 nitrogen and oxygen atoms in total. The van der Waals surface area contributed by atoms with Gasteiger partial charge in [-0.2, -0.15) is 5.26 Å². The summed E-state index contributed by atoms with van der Waals surface area (Å²) in [6.45, 7) is 4.27. The molecule has 0 aliphatic carbocycles. The Hall–Kier alpha value is -0.460. The van der Waals surface area contributed by atoms with Gasteiger partial charge in [0.15, 0.2) is 0 Å². The highest BCUT2D eigenvalue weighted by molar-refractivity contribution is 9.10. The number of hydrogen-bond donors (Lipinski definition) is 0. The number of benzene rings is 1. The smallest absolute Gasteiger partial charge is 0.0992 e. The summed E-state index contributed by atoms with van der Waals surface area (Å²) in [5.74, 6) is 0. The van der Waals surface area contributed by atoms with Gasteiger partial charge in [0, 0.05) is 14.6 Å². The van der Waals surface area contributed by atoms with Crippen LogP contribution in [0.15, 0.2) is 27.6 Å². The quantitative estimate of drug-likeness (QED) is 0.751. The van der Waals surface area contributed by atoms with Gasteiger partial charge in [0.25, 0.3) is 0 Å². The van der Waals surface area contributed by atoms with E-state index in [0.717, 1.165) is 9.37 Å². The number of nitriles is 1. The van der Waals surface area contributed by atoms with E-state index < -0.39 is 0 Å². The zero-order chi connectivity index (χ0) is 9.84. The first-order chi connectivity index (χ1) is 6.11. The lowest BCUT2D eigenvalue weighted by Gasteiger charge is -2.05. The largest absolute Gasteiger partial charge is 0.192 e. The molecule has 0 aliphatic heterocycles. The normalized spacial score (nSPS) is 10.1. The van der Waals surface area contributed by atoms with Crippen LogP contribution < -0.4 is 0 Å². The van der Waals surface area contributed by atoms with Gasteiger partial charge in [-0.05, 0) is 18.2 Å². The summed E-state index contributed by atoms with van der Waals surface area (Å²) >= 11 is 5.14. The second kappa shape index (κ2) is 4.69. The van der Waals surface area contributed by atoms with Gasteiger partial charge in [-0.3, -0.25) is 0 Å². The number of nitrogens with zero attached hydrogens (tertiary/aromatic N) is 1. The average Bonchev–Trinajstić information content (AvgIpc) is 2.01. The van der Waals surface area contributed by atoms with Gasteiger partial charge in [0.05, 0.1) is 11.6 Å². The highest BCUT2D eigenvalue weighted by Gasteiger charge is 2.01. The van der Waals surface area contributed by atoms with Gasteiger partial charge in [-0.15, -0.1) is 11.8 Å². The van der Waals surface area contributed by atoms with Crippen LogP contribution in [0.2, 0.25) is 0 Å². The SMILES string of the molecule is CC(C)Sc1cc(Br)cc(C#N)c1. The molecule has 0 saturated carbocycles. The molecule has 0 heterocycles. The van der Waals surface area contributed by atoms with E-state index in [4.69, 9.17) is 5.26 Å². The molecule has 1 aromatic carbocycles.